The van der Waals surface area contributed by atoms with E-state index in [1.165, 1.54) is 96.3 Å². The van der Waals surface area contributed by atoms with Crippen LogP contribution < -0.4 is 5.32 Å². The highest BCUT2D eigenvalue weighted by Crippen LogP contribution is 2.76. The molecule has 8 heteroatoms. The van der Waals surface area contributed by atoms with Gasteiger partial charge in [0.1, 0.15) is 5.78 Å². The van der Waals surface area contributed by atoms with Crippen LogP contribution in [0.5, 0.6) is 0 Å². The van der Waals surface area contributed by atoms with Crippen molar-refractivity contribution in [2.24, 2.45) is 92.7 Å². The van der Waals surface area contributed by atoms with Crippen LogP contribution in [0.15, 0.2) is 0 Å². The lowest BCUT2D eigenvalue weighted by molar-refractivity contribution is -0.372. The third kappa shape index (κ3) is 6.96. The molecule has 1 heterocycles. The summed E-state index contributed by atoms with van der Waals surface area (Å²) in [5.41, 5.74) is 1.25. The molecule has 1 spiro atoms. The summed E-state index contributed by atoms with van der Waals surface area (Å²) in [6, 6.07) is 0. The van der Waals surface area contributed by atoms with Crippen molar-refractivity contribution in [3.63, 3.8) is 0 Å². The highest BCUT2D eigenvalue weighted by Gasteiger charge is 2.76. The summed E-state index contributed by atoms with van der Waals surface area (Å²) in [6.45, 7) is 15.4. The van der Waals surface area contributed by atoms with Crippen LogP contribution in [0.1, 0.15) is 183 Å². The Bertz CT molecular complexity index is 1620. The number of hydrogen-bond donors (Lipinski definition) is 3. The minimum absolute atomic E-state index is 0.00693. The maximum absolute atomic E-state index is 13.8. The largest absolute Gasteiger partial charge is 0.393 e. The molecule has 1 amide bonds. The number of aliphatic hydroxyl groups is 1. The minimum atomic E-state index is -1.88. The fourth-order valence-corrected chi connectivity index (χ4v) is 19.4. The molecule has 334 valence electrons. The minimum Gasteiger partial charge on any atom is -0.393 e. The first-order valence-electron chi connectivity index (χ1n) is 25.3. The monoisotopic (exact) mass is 838 g/mol. The molecule has 1 aliphatic heterocycles. The Labute approximate surface area is 360 Å². The molecule has 0 bridgehead atoms. The van der Waals surface area contributed by atoms with Crippen molar-refractivity contribution in [3.05, 3.63) is 0 Å². The Morgan fingerprint density at radius 2 is 1.46 bits per heavy atom. The molecule has 9 aliphatic rings. The van der Waals surface area contributed by atoms with Crippen LogP contribution in [-0.2, 0) is 25.4 Å². The lowest BCUT2D eigenvalue weighted by atomic mass is 9.39. The van der Waals surface area contributed by atoms with Gasteiger partial charge < -0.3 is 19.7 Å². The summed E-state index contributed by atoms with van der Waals surface area (Å²) in [7, 11) is 0. The van der Waals surface area contributed by atoms with Gasteiger partial charge in [-0.25, -0.2) is 4.21 Å². The summed E-state index contributed by atoms with van der Waals surface area (Å²) in [5.74, 6) is 7.97. The number of fused-ring (bicyclic) bond motifs is 7. The number of aliphatic hydroxyl groups excluding tert-OH is 1. The first-order valence-corrected chi connectivity index (χ1v) is 26.5. The van der Waals surface area contributed by atoms with Crippen molar-refractivity contribution in [1.29, 1.82) is 0 Å². The summed E-state index contributed by atoms with van der Waals surface area (Å²) >= 11 is -1.88. The van der Waals surface area contributed by atoms with E-state index in [1.807, 2.05) is 0 Å². The lowest BCUT2D eigenvalue weighted by Gasteiger charge is -2.73. The highest BCUT2D eigenvalue weighted by molar-refractivity contribution is 7.79. The molecule has 20 atom stereocenters. The summed E-state index contributed by atoms with van der Waals surface area (Å²) in [4.78, 5) is 26.4. The van der Waals surface area contributed by atoms with Gasteiger partial charge in [0, 0.05) is 37.1 Å². The molecule has 8 aliphatic carbocycles. The van der Waals surface area contributed by atoms with Crippen LogP contribution in [0.25, 0.3) is 0 Å². The van der Waals surface area contributed by atoms with E-state index in [9.17, 15) is 18.9 Å². The molecule has 59 heavy (non-hydrogen) atoms. The molecule has 9 fully saturated rings. The lowest BCUT2D eigenvalue weighted by Crippen LogP contribution is -2.75. The zero-order valence-corrected chi connectivity index (χ0v) is 38.8. The molecular formula is C51H83NO6S. The Kier molecular flexibility index (Phi) is 11.8. The topological polar surface area (TPSA) is 113 Å². The smallest absolute Gasteiger partial charge is 0.220 e. The van der Waals surface area contributed by atoms with E-state index >= 15 is 0 Å². The zero-order chi connectivity index (χ0) is 41.7. The van der Waals surface area contributed by atoms with E-state index in [1.54, 1.807) is 0 Å². The number of hydrogen-bond acceptors (Lipinski definition) is 5. The number of nitrogens with one attached hydrogen (secondary N) is 1. The highest BCUT2D eigenvalue weighted by atomic mass is 32.2. The van der Waals surface area contributed by atoms with Gasteiger partial charge in [-0.2, -0.15) is 0 Å². The van der Waals surface area contributed by atoms with Gasteiger partial charge >= 0.3 is 0 Å². The average Bonchev–Trinajstić information content (AvgIpc) is 3.71. The van der Waals surface area contributed by atoms with Gasteiger partial charge in [0.2, 0.25) is 5.91 Å². The summed E-state index contributed by atoms with van der Waals surface area (Å²) in [6.07, 6.45) is 25.6. The van der Waals surface area contributed by atoms with Crippen LogP contribution in [-0.4, -0.2) is 55.7 Å². The average molecular weight is 838 g/mol. The number of ether oxygens (including phenoxy) is 1. The van der Waals surface area contributed by atoms with E-state index in [0.717, 1.165) is 50.4 Å². The van der Waals surface area contributed by atoms with Crippen molar-refractivity contribution in [2.75, 3.05) is 12.3 Å². The second-order valence-corrected chi connectivity index (χ2v) is 25.3. The van der Waals surface area contributed by atoms with Gasteiger partial charge in [-0.3, -0.25) is 9.59 Å². The standard InChI is InChI=1S/C51H83NO6S/c1-31(37-13-14-39-45-40(17-22-49(37,39)5)47(3)20-8-7-9-34(47)29-42(45)54)10-12-36(53)28-33-16-21-48(4)35(27-33)30-43-46-41(48)18-23-50(6)38(19-24-51(46,50)58-43)32(2)11-15-44(55)52-25-26-59(56)57/h31-35,37-43,45-46,54H,7-30H2,1-6H3,(H,52,55)(H,56,57)/t31-,32-,33-,34?,35?,37-,38-,39?,40-,41-,42+,43+,45?,46?,47?,48+,49-,50-,51+/m1/s1. The number of Topliss-reactive ketones (excluding diaryl/α,β-unsaturated/α-hetero) is 1. The third-order valence-corrected chi connectivity index (χ3v) is 22.7. The van der Waals surface area contributed by atoms with Gasteiger partial charge in [-0.15, -0.1) is 0 Å². The van der Waals surface area contributed by atoms with Gasteiger partial charge in [-0.05, 0) is 190 Å². The SMILES string of the molecule is C[C@H](CCC(=O)C[C@@H]1CC[C@@]2(C)C(C1)C[C@@H]1O[C@]34CC[C@H]([C@H](C)CCC(=O)NCCS(=O)O)[C@@]3(C)CC[C@@H]2C14)[C@H]1CCC2C3[C@@H](CC[C@@]21C)C1(C)CCCCC1C[C@@H]3O. The van der Waals surface area contributed by atoms with Gasteiger partial charge in [0.15, 0.2) is 11.1 Å². The maximum Gasteiger partial charge on any atom is 0.220 e. The van der Waals surface area contributed by atoms with Crippen molar-refractivity contribution in [2.45, 2.75) is 201 Å². The van der Waals surface area contributed by atoms with Gasteiger partial charge in [0.25, 0.3) is 0 Å². The molecule has 0 aromatic heterocycles. The molecule has 0 aromatic rings. The molecule has 1 saturated heterocycles. The molecular weight excluding hydrogens is 755 g/mol. The Hall–Kier alpha value is -0.830. The molecule has 0 aromatic carbocycles. The van der Waals surface area contributed by atoms with Crippen LogP contribution in [0.4, 0.5) is 0 Å². The maximum atomic E-state index is 13.8. The van der Waals surface area contributed by atoms with Crippen LogP contribution >= 0.6 is 0 Å². The van der Waals surface area contributed by atoms with Crippen molar-refractivity contribution < 1.29 is 28.2 Å². The number of amides is 1. The van der Waals surface area contributed by atoms with E-state index in [0.29, 0.717) is 93.7 Å². The van der Waals surface area contributed by atoms with Gasteiger partial charge in [0.05, 0.1) is 23.6 Å². The zero-order valence-electron chi connectivity index (χ0n) is 38.0. The predicted octanol–water partition coefficient (Wildman–Crippen LogP) is 10.5. The number of ketones is 1. The van der Waals surface area contributed by atoms with E-state index in [4.69, 9.17) is 9.29 Å². The molecule has 3 N–H and O–H groups in total. The Morgan fingerprint density at radius 3 is 2.25 bits per heavy atom. The number of carbonyl (C=O) groups is 2. The second-order valence-electron chi connectivity index (χ2n) is 24.3. The van der Waals surface area contributed by atoms with Crippen molar-refractivity contribution in [1.82, 2.24) is 5.32 Å². The van der Waals surface area contributed by atoms with E-state index in [2.05, 4.69) is 46.9 Å². The predicted molar refractivity (Wildman–Crippen MR) is 234 cm³/mol. The molecule has 7 unspecified atom stereocenters. The fraction of sp³-hybridized carbons (Fsp3) is 0.961. The summed E-state index contributed by atoms with van der Waals surface area (Å²) in [5, 5.41) is 14.5. The van der Waals surface area contributed by atoms with Crippen LogP contribution in [0.3, 0.4) is 0 Å². The van der Waals surface area contributed by atoms with Gasteiger partial charge in [-0.1, -0.05) is 54.4 Å². The number of rotatable bonds is 13. The van der Waals surface area contributed by atoms with Crippen molar-refractivity contribution >= 4 is 22.8 Å². The second kappa shape index (κ2) is 16.0. The fourth-order valence-electron chi connectivity index (χ4n) is 19.1. The third-order valence-electron chi connectivity index (χ3n) is 22.2. The van der Waals surface area contributed by atoms with E-state index < -0.39 is 11.1 Å². The normalized spacial score (nSPS) is 51.0. The molecule has 7 nitrogen and oxygen atoms in total. The quantitative estimate of drug-likeness (QED) is 0.159. The molecule has 0 radical (unpaired) electrons. The first kappa shape index (κ1) is 43.4. The van der Waals surface area contributed by atoms with Crippen LogP contribution in [0, 0.1) is 92.7 Å². The Balaban J connectivity index is 0.764. The first-order chi connectivity index (χ1) is 28.0. The Morgan fingerprint density at radius 1 is 0.746 bits per heavy atom. The van der Waals surface area contributed by atoms with Crippen LogP contribution in [0.2, 0.25) is 0 Å². The number of carbonyl (C=O) groups excluding carboxylic acids is 2. The molecule has 9 rings (SSSR count). The molecule has 8 saturated carbocycles. The van der Waals surface area contributed by atoms with E-state index in [-0.39, 0.29) is 35.3 Å². The summed E-state index contributed by atoms with van der Waals surface area (Å²) < 4.78 is 27.2. The van der Waals surface area contributed by atoms with Crippen molar-refractivity contribution in [3.8, 4) is 0 Å².